The van der Waals surface area contributed by atoms with Crippen LogP contribution in [0.5, 0.6) is 0 Å². The summed E-state index contributed by atoms with van der Waals surface area (Å²) in [5, 5.41) is 4.74. The summed E-state index contributed by atoms with van der Waals surface area (Å²) < 4.78 is 30.7. The van der Waals surface area contributed by atoms with Gasteiger partial charge in [-0.1, -0.05) is 28.8 Å². The molecule has 0 radical (unpaired) electrons. The number of hydrogen-bond donors (Lipinski definition) is 1. The lowest BCUT2D eigenvalue weighted by molar-refractivity contribution is 0.467. The van der Waals surface area contributed by atoms with Crippen LogP contribution in [0.1, 0.15) is 37.4 Å². The molecule has 28 heavy (non-hydrogen) atoms. The van der Waals surface area contributed by atoms with Crippen LogP contribution in [0, 0.1) is 0 Å². The van der Waals surface area contributed by atoms with E-state index in [1.54, 1.807) is 36.7 Å². The second-order valence-electron chi connectivity index (χ2n) is 6.92. The molecule has 1 saturated carbocycles. The first kappa shape index (κ1) is 19.3. The van der Waals surface area contributed by atoms with Gasteiger partial charge < -0.3 is 0 Å². The predicted molar refractivity (Wildman–Crippen MR) is 111 cm³/mol. The van der Waals surface area contributed by atoms with Gasteiger partial charge in [-0.3, -0.25) is 9.67 Å². The van der Waals surface area contributed by atoms with Crippen molar-refractivity contribution in [2.75, 3.05) is 0 Å². The summed E-state index contributed by atoms with van der Waals surface area (Å²) in [5.41, 5.74) is 2.75. The third kappa shape index (κ3) is 4.19. The van der Waals surface area contributed by atoms with E-state index in [2.05, 4.69) is 30.3 Å². The maximum absolute atomic E-state index is 12.6. The number of pyridine rings is 1. The summed E-state index contributed by atoms with van der Waals surface area (Å²) in [5.74, 6) is 0. The van der Waals surface area contributed by atoms with E-state index in [-0.39, 0.29) is 11.4 Å². The van der Waals surface area contributed by atoms with Crippen molar-refractivity contribution in [2.45, 2.75) is 43.2 Å². The molecule has 0 aliphatic heterocycles. The third-order valence-corrected chi connectivity index (χ3v) is 6.95. The first-order valence-electron chi connectivity index (χ1n) is 9.27. The first-order valence-corrected chi connectivity index (χ1v) is 11.5. The lowest BCUT2D eigenvalue weighted by atomic mass is 10.1. The molecule has 0 amide bonds. The summed E-state index contributed by atoms with van der Waals surface area (Å²) in [6, 6.07) is 12.8. The van der Waals surface area contributed by atoms with Crippen LogP contribution in [0.3, 0.4) is 0 Å². The van der Waals surface area contributed by atoms with Gasteiger partial charge in [0.1, 0.15) is 0 Å². The molecule has 6 nitrogen and oxygen atoms in total. The minimum Gasteiger partial charge on any atom is -0.265 e. The van der Waals surface area contributed by atoms with Crippen molar-refractivity contribution in [1.82, 2.24) is 19.5 Å². The predicted octanol–water partition coefficient (Wildman–Crippen LogP) is 4.30. The van der Waals surface area contributed by atoms with Crippen LogP contribution in [-0.2, 0) is 16.6 Å². The molecule has 1 aliphatic carbocycles. The van der Waals surface area contributed by atoms with Gasteiger partial charge in [0.05, 0.1) is 28.9 Å². The van der Waals surface area contributed by atoms with Crippen molar-refractivity contribution >= 4 is 26.0 Å². The van der Waals surface area contributed by atoms with E-state index in [9.17, 15) is 8.42 Å². The normalized spacial score (nSPS) is 15.2. The molecular formula is C20H21BrN4O2S. The third-order valence-electron chi connectivity index (χ3n) is 5.00. The Morgan fingerprint density at radius 2 is 1.75 bits per heavy atom. The molecule has 1 aliphatic rings. The Morgan fingerprint density at radius 3 is 2.43 bits per heavy atom. The molecule has 4 rings (SSSR count). The molecule has 1 aromatic carbocycles. The number of benzene rings is 1. The number of rotatable bonds is 6. The Bertz CT molecular complexity index is 1040. The fourth-order valence-corrected chi connectivity index (χ4v) is 4.83. The maximum atomic E-state index is 12.6. The highest BCUT2D eigenvalue weighted by Crippen LogP contribution is 2.33. The average Bonchev–Trinajstić information content (AvgIpc) is 3.37. The Kier molecular flexibility index (Phi) is 5.61. The quantitative estimate of drug-likeness (QED) is 0.594. The fourth-order valence-electron chi connectivity index (χ4n) is 3.56. The van der Waals surface area contributed by atoms with Gasteiger partial charge >= 0.3 is 0 Å². The van der Waals surface area contributed by atoms with Gasteiger partial charge in [-0.25, -0.2) is 13.1 Å². The van der Waals surface area contributed by atoms with Gasteiger partial charge in [0.15, 0.2) is 0 Å². The summed E-state index contributed by atoms with van der Waals surface area (Å²) >= 11 is 3.32. The van der Waals surface area contributed by atoms with Crippen LogP contribution in [0.15, 0.2) is 64.2 Å². The maximum Gasteiger partial charge on any atom is 0.240 e. The summed E-state index contributed by atoms with van der Waals surface area (Å²) in [7, 11) is -3.59. The fraction of sp³-hybridized carbons (Fsp3) is 0.300. The molecule has 0 spiro atoms. The summed E-state index contributed by atoms with van der Waals surface area (Å²) in [6.07, 6.45) is 8.12. The van der Waals surface area contributed by atoms with Crippen molar-refractivity contribution < 1.29 is 8.42 Å². The summed E-state index contributed by atoms with van der Waals surface area (Å²) in [4.78, 5) is 4.32. The van der Waals surface area contributed by atoms with Crippen molar-refractivity contribution in [3.05, 3.63) is 65.0 Å². The van der Waals surface area contributed by atoms with Crippen molar-refractivity contribution in [3.63, 3.8) is 0 Å². The van der Waals surface area contributed by atoms with Gasteiger partial charge in [-0.15, -0.1) is 0 Å². The van der Waals surface area contributed by atoms with E-state index < -0.39 is 10.0 Å². The van der Waals surface area contributed by atoms with E-state index in [0.29, 0.717) is 11.7 Å². The topological polar surface area (TPSA) is 76.9 Å². The molecule has 0 bridgehead atoms. The molecule has 2 aromatic heterocycles. The van der Waals surface area contributed by atoms with E-state index >= 15 is 0 Å². The monoisotopic (exact) mass is 460 g/mol. The summed E-state index contributed by atoms with van der Waals surface area (Å²) in [6.45, 7) is 0.149. The number of sulfonamides is 1. The van der Waals surface area contributed by atoms with Crippen LogP contribution in [0.25, 0.3) is 11.3 Å². The van der Waals surface area contributed by atoms with Gasteiger partial charge in [0, 0.05) is 22.4 Å². The van der Waals surface area contributed by atoms with Crippen LogP contribution in [0.4, 0.5) is 0 Å². The largest absolute Gasteiger partial charge is 0.265 e. The van der Waals surface area contributed by atoms with Crippen molar-refractivity contribution in [1.29, 1.82) is 0 Å². The molecule has 3 aromatic rings. The van der Waals surface area contributed by atoms with Gasteiger partial charge in [0.2, 0.25) is 10.0 Å². The number of hydrogen-bond acceptors (Lipinski definition) is 4. The van der Waals surface area contributed by atoms with E-state index in [4.69, 9.17) is 5.10 Å². The molecule has 146 valence electrons. The van der Waals surface area contributed by atoms with Crippen LogP contribution in [0.2, 0.25) is 0 Å². The molecule has 0 atom stereocenters. The van der Waals surface area contributed by atoms with E-state index in [1.807, 2.05) is 18.2 Å². The van der Waals surface area contributed by atoms with E-state index in [0.717, 1.165) is 28.6 Å². The lowest BCUT2D eigenvalue weighted by Crippen LogP contribution is -2.23. The zero-order valence-corrected chi connectivity index (χ0v) is 17.7. The average molecular weight is 461 g/mol. The second-order valence-corrected chi connectivity index (χ2v) is 9.60. The lowest BCUT2D eigenvalue weighted by Gasteiger charge is -2.14. The van der Waals surface area contributed by atoms with E-state index in [1.165, 1.54) is 12.8 Å². The Labute approximate surface area is 173 Å². The molecule has 1 N–H and O–H groups in total. The molecular weight excluding hydrogens is 440 g/mol. The molecule has 1 fully saturated rings. The SMILES string of the molecule is O=S(=O)(NCc1cc(-c2ccncc2)n(C2CCCC2)n1)c1ccc(Br)cc1. The Balaban J connectivity index is 1.59. The zero-order chi connectivity index (χ0) is 19.6. The van der Waals surface area contributed by atoms with Gasteiger partial charge in [-0.05, 0) is 55.3 Å². The number of nitrogens with zero attached hydrogens (tertiary/aromatic N) is 3. The highest BCUT2D eigenvalue weighted by molar-refractivity contribution is 9.10. The highest BCUT2D eigenvalue weighted by atomic mass is 79.9. The second kappa shape index (κ2) is 8.14. The standard InChI is InChI=1S/C20H21BrN4O2S/c21-16-5-7-19(8-6-16)28(26,27)23-14-17-13-20(15-9-11-22-12-10-15)25(24-17)18-3-1-2-4-18/h5-13,18,23H,1-4,14H2. The Morgan fingerprint density at radius 1 is 1.07 bits per heavy atom. The van der Waals surface area contributed by atoms with Gasteiger partial charge in [-0.2, -0.15) is 5.10 Å². The molecule has 0 unspecified atom stereocenters. The molecule has 2 heterocycles. The first-order chi connectivity index (χ1) is 13.5. The Hall–Kier alpha value is -2.03. The molecule has 0 saturated heterocycles. The van der Waals surface area contributed by atoms with Gasteiger partial charge in [0.25, 0.3) is 0 Å². The minimum atomic E-state index is -3.59. The van der Waals surface area contributed by atoms with Crippen molar-refractivity contribution in [2.24, 2.45) is 0 Å². The van der Waals surface area contributed by atoms with Crippen molar-refractivity contribution in [3.8, 4) is 11.3 Å². The highest BCUT2D eigenvalue weighted by Gasteiger charge is 2.22. The number of nitrogens with one attached hydrogen (secondary N) is 1. The van der Waals surface area contributed by atoms with Crippen LogP contribution < -0.4 is 4.72 Å². The minimum absolute atomic E-state index is 0.149. The number of aromatic nitrogens is 3. The zero-order valence-electron chi connectivity index (χ0n) is 15.3. The number of halogens is 1. The van der Waals surface area contributed by atoms with Crippen LogP contribution >= 0.6 is 15.9 Å². The molecule has 8 heteroatoms. The van der Waals surface area contributed by atoms with Crippen LogP contribution in [-0.4, -0.2) is 23.2 Å². The smallest absolute Gasteiger partial charge is 0.240 e.